The van der Waals surface area contributed by atoms with Crippen LogP contribution in [0.5, 0.6) is 0 Å². The number of unbranched alkanes of at least 4 members (excludes halogenated alkanes) is 2. The summed E-state index contributed by atoms with van der Waals surface area (Å²) in [6, 6.07) is 8.45. The molecule has 1 aromatic carbocycles. The van der Waals surface area contributed by atoms with E-state index in [1.54, 1.807) is 23.9 Å². The molecule has 0 saturated carbocycles. The second kappa shape index (κ2) is 10.0. The molecule has 0 spiro atoms. The van der Waals surface area contributed by atoms with Crippen LogP contribution < -0.4 is 10.8 Å². The predicted molar refractivity (Wildman–Crippen MR) is 117 cm³/mol. The van der Waals surface area contributed by atoms with E-state index in [1.807, 2.05) is 33.8 Å². The molecule has 0 radical (unpaired) electrons. The monoisotopic (exact) mass is 437 g/mol. The molecule has 4 rings (SSSR count). The van der Waals surface area contributed by atoms with E-state index in [1.165, 1.54) is 12.1 Å². The Hall–Kier alpha value is -3.79. The number of aromatic nitrogens is 5. The molecule has 1 amide bonds. The number of aryl methyl sites for hydroxylation is 1. The van der Waals surface area contributed by atoms with Crippen molar-refractivity contribution in [3.05, 3.63) is 66.5 Å². The highest BCUT2D eigenvalue weighted by atomic mass is 19.1. The van der Waals surface area contributed by atoms with E-state index >= 15 is 0 Å². The van der Waals surface area contributed by atoms with Gasteiger partial charge in [0.2, 0.25) is 11.9 Å². The molecule has 0 aliphatic carbocycles. The fourth-order valence-corrected chi connectivity index (χ4v) is 3.46. The quantitative estimate of drug-likeness (QED) is 0.199. The maximum atomic E-state index is 13.5. The summed E-state index contributed by atoms with van der Waals surface area (Å²) in [4.78, 5) is 20.0. The van der Waals surface area contributed by atoms with Crippen molar-refractivity contribution >= 4 is 28.6 Å². The van der Waals surface area contributed by atoms with Gasteiger partial charge in [-0.1, -0.05) is 18.6 Å². The summed E-state index contributed by atoms with van der Waals surface area (Å²) in [5.41, 5.74) is 4.02. The molecular formula is C22H24FN7O2. The van der Waals surface area contributed by atoms with Crippen LogP contribution in [-0.2, 0) is 17.9 Å². The maximum absolute atomic E-state index is 13.5. The zero-order chi connectivity index (χ0) is 22.3. The number of carbonyl (C=O) groups is 1. The lowest BCUT2D eigenvalue weighted by Gasteiger charge is -2.07. The highest BCUT2D eigenvalue weighted by Crippen LogP contribution is 2.19. The molecule has 0 atom stereocenters. The molecule has 0 bridgehead atoms. The first-order valence-corrected chi connectivity index (χ1v) is 10.4. The van der Waals surface area contributed by atoms with Crippen LogP contribution in [0.4, 0.5) is 16.0 Å². The Morgan fingerprint density at radius 2 is 2.06 bits per heavy atom. The molecule has 0 aliphatic heterocycles. The van der Waals surface area contributed by atoms with Gasteiger partial charge in [0, 0.05) is 43.5 Å². The van der Waals surface area contributed by atoms with Crippen LogP contribution in [0, 0.1) is 5.82 Å². The number of nitrogens with zero attached hydrogens (tertiary/aromatic N) is 5. The maximum Gasteiger partial charge on any atom is 0.243 e. The fraction of sp³-hybridized carbons (Fsp3) is 0.273. The van der Waals surface area contributed by atoms with Gasteiger partial charge in [-0.3, -0.25) is 14.7 Å². The number of rotatable bonds is 10. The smallest absolute Gasteiger partial charge is 0.243 e. The molecule has 32 heavy (non-hydrogen) atoms. The fourth-order valence-electron chi connectivity index (χ4n) is 3.46. The summed E-state index contributed by atoms with van der Waals surface area (Å²) in [6.45, 7) is 1.23. The van der Waals surface area contributed by atoms with Crippen molar-refractivity contribution in [3.63, 3.8) is 0 Å². The number of hydroxylamine groups is 1. The summed E-state index contributed by atoms with van der Waals surface area (Å²) >= 11 is 0. The number of fused-ring (bicyclic) bond motifs is 1. The highest BCUT2D eigenvalue weighted by molar-refractivity contribution is 5.77. The zero-order valence-electron chi connectivity index (χ0n) is 17.4. The third kappa shape index (κ3) is 5.46. The van der Waals surface area contributed by atoms with E-state index in [2.05, 4.69) is 20.4 Å². The van der Waals surface area contributed by atoms with Gasteiger partial charge in [-0.25, -0.2) is 14.9 Å². The Morgan fingerprint density at radius 1 is 1.16 bits per heavy atom. The first-order chi connectivity index (χ1) is 15.6. The zero-order valence-corrected chi connectivity index (χ0v) is 17.4. The molecule has 10 heteroatoms. The molecule has 0 aliphatic rings. The molecule has 3 aromatic heterocycles. The standard InChI is InChI=1S/C22H24FN7O2/c23-18-6-4-5-16(11-18)14-29-10-8-17-12-24-22(27-21(17)29)26-19-13-25-30(15-19)9-3-1-2-7-20(31)28-32/h4-6,8,10-13,15,32H,1-3,7,9,14H2,(H,28,31)(H,24,26,27). The average molecular weight is 437 g/mol. The second-order valence-electron chi connectivity index (χ2n) is 7.51. The molecule has 0 fully saturated rings. The van der Waals surface area contributed by atoms with Gasteiger partial charge in [-0.05, 0) is 36.6 Å². The largest absolute Gasteiger partial charge is 0.328 e. The van der Waals surface area contributed by atoms with Gasteiger partial charge in [0.15, 0.2) is 0 Å². The Morgan fingerprint density at radius 3 is 2.91 bits per heavy atom. The van der Waals surface area contributed by atoms with Crippen LogP contribution in [0.2, 0.25) is 0 Å². The number of carbonyl (C=O) groups excluding carboxylic acids is 1. The van der Waals surface area contributed by atoms with Gasteiger partial charge in [0.25, 0.3) is 0 Å². The SMILES string of the molecule is O=C(CCCCCn1cc(Nc2ncc3ccn(Cc4cccc(F)c4)c3n2)cn1)NO. The van der Waals surface area contributed by atoms with Crippen LogP contribution in [0.3, 0.4) is 0 Å². The Balaban J connectivity index is 1.37. The predicted octanol–water partition coefficient (Wildman–Crippen LogP) is 3.62. The van der Waals surface area contributed by atoms with Gasteiger partial charge in [-0.2, -0.15) is 10.1 Å². The minimum atomic E-state index is -0.366. The van der Waals surface area contributed by atoms with Crippen molar-refractivity contribution < 1.29 is 14.4 Å². The van der Waals surface area contributed by atoms with Crippen molar-refractivity contribution in [3.8, 4) is 0 Å². The molecular weight excluding hydrogens is 413 g/mol. The van der Waals surface area contributed by atoms with Crippen molar-refractivity contribution in [1.29, 1.82) is 0 Å². The number of hydrogen-bond acceptors (Lipinski definition) is 6. The van der Waals surface area contributed by atoms with Crippen molar-refractivity contribution in [1.82, 2.24) is 29.8 Å². The highest BCUT2D eigenvalue weighted by Gasteiger charge is 2.08. The van der Waals surface area contributed by atoms with E-state index in [9.17, 15) is 9.18 Å². The number of anilines is 2. The van der Waals surface area contributed by atoms with E-state index in [4.69, 9.17) is 5.21 Å². The van der Waals surface area contributed by atoms with Crippen LogP contribution in [0.25, 0.3) is 11.0 Å². The molecule has 3 N–H and O–H groups in total. The molecule has 3 heterocycles. The van der Waals surface area contributed by atoms with Gasteiger partial charge in [-0.15, -0.1) is 0 Å². The van der Waals surface area contributed by atoms with E-state index in [0.717, 1.165) is 41.7 Å². The molecule has 0 saturated heterocycles. The number of amides is 1. The molecule has 0 unspecified atom stereocenters. The number of halogens is 1. The first-order valence-electron chi connectivity index (χ1n) is 10.4. The van der Waals surface area contributed by atoms with E-state index in [-0.39, 0.29) is 11.7 Å². The van der Waals surface area contributed by atoms with Crippen LogP contribution in [0.15, 0.2) is 55.1 Å². The lowest BCUT2D eigenvalue weighted by Crippen LogP contribution is -2.17. The van der Waals surface area contributed by atoms with Crippen LogP contribution in [-0.4, -0.2) is 35.4 Å². The van der Waals surface area contributed by atoms with Crippen molar-refractivity contribution in [2.75, 3.05) is 5.32 Å². The third-order valence-electron chi connectivity index (χ3n) is 5.05. The number of benzene rings is 1. The molecule has 4 aromatic rings. The second-order valence-corrected chi connectivity index (χ2v) is 7.51. The Kier molecular flexibility index (Phi) is 6.71. The molecule has 9 nitrogen and oxygen atoms in total. The lowest BCUT2D eigenvalue weighted by molar-refractivity contribution is -0.129. The average Bonchev–Trinajstić information content (AvgIpc) is 3.40. The lowest BCUT2D eigenvalue weighted by atomic mass is 10.2. The number of nitrogens with one attached hydrogen (secondary N) is 2. The van der Waals surface area contributed by atoms with Crippen LogP contribution >= 0.6 is 0 Å². The van der Waals surface area contributed by atoms with Crippen LogP contribution in [0.1, 0.15) is 31.2 Å². The number of hydrogen-bond donors (Lipinski definition) is 3. The summed E-state index contributed by atoms with van der Waals surface area (Å²) in [6.07, 6.45) is 9.99. The first kappa shape index (κ1) is 21.4. The Bertz CT molecular complexity index is 1200. The summed E-state index contributed by atoms with van der Waals surface area (Å²) < 4.78 is 17.3. The van der Waals surface area contributed by atoms with Crippen molar-refractivity contribution in [2.24, 2.45) is 0 Å². The third-order valence-corrected chi connectivity index (χ3v) is 5.05. The Labute approximate surface area is 183 Å². The molecule has 166 valence electrons. The summed E-state index contributed by atoms with van der Waals surface area (Å²) in [5, 5.41) is 16.9. The van der Waals surface area contributed by atoms with Crippen molar-refractivity contribution in [2.45, 2.75) is 38.8 Å². The van der Waals surface area contributed by atoms with Gasteiger partial charge < -0.3 is 9.88 Å². The topological polar surface area (TPSA) is 110 Å². The summed E-state index contributed by atoms with van der Waals surface area (Å²) in [5.74, 6) is -0.176. The van der Waals surface area contributed by atoms with E-state index < -0.39 is 0 Å². The van der Waals surface area contributed by atoms with Gasteiger partial charge >= 0.3 is 0 Å². The summed E-state index contributed by atoms with van der Waals surface area (Å²) in [7, 11) is 0. The van der Waals surface area contributed by atoms with Gasteiger partial charge in [0.05, 0.1) is 11.9 Å². The van der Waals surface area contributed by atoms with Gasteiger partial charge in [0.1, 0.15) is 11.5 Å². The minimum absolute atomic E-state index is 0.261. The normalized spacial score (nSPS) is 11.1. The minimum Gasteiger partial charge on any atom is -0.328 e. The van der Waals surface area contributed by atoms with E-state index in [0.29, 0.717) is 25.3 Å².